The van der Waals surface area contributed by atoms with Gasteiger partial charge in [0.1, 0.15) is 11.7 Å². The molecule has 0 aromatic heterocycles. The van der Waals surface area contributed by atoms with E-state index in [1.807, 2.05) is 0 Å². The van der Waals surface area contributed by atoms with Crippen molar-refractivity contribution in [3.63, 3.8) is 0 Å². The zero-order valence-electron chi connectivity index (χ0n) is 18.8. The van der Waals surface area contributed by atoms with Crippen LogP contribution in [-0.2, 0) is 14.6 Å². The SMILES string of the molecule is CC1=C(CC/C(C)=C/CC[C@@]2(C)CC[C@@H]([C@H](C)C(=O)O)OO2)C(C)(C)CCC1. The van der Waals surface area contributed by atoms with E-state index in [2.05, 4.69) is 40.7 Å². The Morgan fingerprint density at radius 1 is 1.32 bits per heavy atom. The third-order valence-electron chi connectivity index (χ3n) is 6.90. The molecule has 1 fully saturated rings. The molecule has 0 bridgehead atoms. The van der Waals surface area contributed by atoms with Crippen LogP contribution < -0.4 is 0 Å². The molecule has 2 rings (SSSR count). The van der Waals surface area contributed by atoms with E-state index in [9.17, 15) is 4.79 Å². The Bertz CT molecular complexity index is 606. The highest BCUT2D eigenvalue weighted by Crippen LogP contribution is 2.42. The van der Waals surface area contributed by atoms with Crippen LogP contribution in [0.25, 0.3) is 0 Å². The van der Waals surface area contributed by atoms with Crippen LogP contribution in [0.4, 0.5) is 0 Å². The van der Waals surface area contributed by atoms with Gasteiger partial charge in [-0.1, -0.05) is 36.6 Å². The molecule has 0 amide bonds. The standard InChI is InChI=1S/C24H40O4/c1-17(11-12-20-18(2)10-8-14-23(20,4)5)9-7-15-24(6)16-13-21(27-28-24)19(3)22(25)26/h9,19,21H,7-8,10-16H2,1-6H3,(H,25,26)/b17-9+/t19-,21-,24-/m0/s1. The topological polar surface area (TPSA) is 55.8 Å². The quantitative estimate of drug-likeness (QED) is 0.373. The molecule has 4 nitrogen and oxygen atoms in total. The summed E-state index contributed by atoms with van der Waals surface area (Å²) >= 11 is 0. The van der Waals surface area contributed by atoms with Crippen LogP contribution in [0.5, 0.6) is 0 Å². The minimum atomic E-state index is -0.831. The number of aliphatic carboxylic acids is 1. The maximum absolute atomic E-state index is 11.1. The molecule has 160 valence electrons. The highest BCUT2D eigenvalue weighted by atomic mass is 17.2. The molecule has 0 saturated carbocycles. The molecular weight excluding hydrogens is 352 g/mol. The number of hydrogen-bond acceptors (Lipinski definition) is 3. The van der Waals surface area contributed by atoms with E-state index in [0.717, 1.165) is 32.1 Å². The van der Waals surface area contributed by atoms with E-state index in [-0.39, 0.29) is 11.7 Å². The number of carboxylic acid groups (broad SMARTS) is 1. The Hall–Kier alpha value is -1.13. The van der Waals surface area contributed by atoms with Crippen LogP contribution >= 0.6 is 0 Å². The Kier molecular flexibility index (Phi) is 7.92. The van der Waals surface area contributed by atoms with Gasteiger partial charge in [-0.05, 0) is 90.9 Å². The molecule has 28 heavy (non-hydrogen) atoms. The number of allylic oxidation sites excluding steroid dienone is 4. The summed E-state index contributed by atoms with van der Waals surface area (Å²) in [4.78, 5) is 22.2. The van der Waals surface area contributed by atoms with Crippen LogP contribution in [0.1, 0.15) is 99.3 Å². The van der Waals surface area contributed by atoms with Gasteiger partial charge in [-0.15, -0.1) is 0 Å². The van der Waals surface area contributed by atoms with Crippen LogP contribution in [0.3, 0.4) is 0 Å². The van der Waals surface area contributed by atoms with E-state index >= 15 is 0 Å². The van der Waals surface area contributed by atoms with Crippen molar-refractivity contribution < 1.29 is 19.7 Å². The fourth-order valence-electron chi connectivity index (χ4n) is 4.65. The summed E-state index contributed by atoms with van der Waals surface area (Å²) in [5.41, 5.74) is 4.75. The summed E-state index contributed by atoms with van der Waals surface area (Å²) in [5.74, 6) is -1.37. The normalized spacial score (nSPS) is 29.6. The lowest BCUT2D eigenvalue weighted by atomic mass is 9.71. The molecule has 0 spiro atoms. The molecule has 0 radical (unpaired) electrons. The van der Waals surface area contributed by atoms with Gasteiger partial charge in [0.15, 0.2) is 0 Å². The summed E-state index contributed by atoms with van der Waals surface area (Å²) in [7, 11) is 0. The third kappa shape index (κ3) is 6.18. The van der Waals surface area contributed by atoms with Crippen molar-refractivity contribution in [2.45, 2.75) is 111 Å². The lowest BCUT2D eigenvalue weighted by Crippen LogP contribution is -2.41. The molecule has 0 aromatic rings. The van der Waals surface area contributed by atoms with Crippen molar-refractivity contribution in [1.29, 1.82) is 0 Å². The van der Waals surface area contributed by atoms with Crippen LogP contribution in [-0.4, -0.2) is 22.8 Å². The van der Waals surface area contributed by atoms with E-state index in [1.165, 1.54) is 31.3 Å². The fraction of sp³-hybridized carbons (Fsp3) is 0.792. The van der Waals surface area contributed by atoms with Gasteiger partial charge in [-0.3, -0.25) is 4.79 Å². The number of hydrogen-bond donors (Lipinski definition) is 1. The van der Waals surface area contributed by atoms with Gasteiger partial charge >= 0.3 is 5.97 Å². The average Bonchev–Trinajstić information content (AvgIpc) is 2.60. The number of carboxylic acids is 1. The average molecular weight is 393 g/mol. The van der Waals surface area contributed by atoms with Gasteiger partial charge in [0, 0.05) is 0 Å². The summed E-state index contributed by atoms with van der Waals surface area (Å²) in [6, 6.07) is 0. The maximum Gasteiger partial charge on any atom is 0.308 e. The predicted octanol–water partition coefficient (Wildman–Crippen LogP) is 6.61. The molecule has 1 aliphatic carbocycles. The Morgan fingerprint density at radius 3 is 2.61 bits per heavy atom. The Balaban J connectivity index is 1.79. The third-order valence-corrected chi connectivity index (χ3v) is 6.90. The summed E-state index contributed by atoms with van der Waals surface area (Å²) in [5, 5.41) is 9.11. The number of carbonyl (C=O) groups is 1. The van der Waals surface area contributed by atoms with Crippen molar-refractivity contribution >= 4 is 5.97 Å². The Labute approximate surface area is 171 Å². The lowest BCUT2D eigenvalue weighted by Gasteiger charge is -2.37. The zero-order chi connectivity index (χ0) is 20.9. The predicted molar refractivity (Wildman–Crippen MR) is 113 cm³/mol. The summed E-state index contributed by atoms with van der Waals surface area (Å²) in [6.45, 7) is 13.1. The molecular formula is C24H40O4. The van der Waals surface area contributed by atoms with Crippen molar-refractivity contribution in [1.82, 2.24) is 0 Å². The van der Waals surface area contributed by atoms with E-state index in [4.69, 9.17) is 14.9 Å². The largest absolute Gasteiger partial charge is 0.481 e. The van der Waals surface area contributed by atoms with Crippen molar-refractivity contribution in [3.8, 4) is 0 Å². The summed E-state index contributed by atoms with van der Waals surface area (Å²) < 4.78 is 0. The Morgan fingerprint density at radius 2 is 2.04 bits per heavy atom. The van der Waals surface area contributed by atoms with Crippen LogP contribution in [0.2, 0.25) is 0 Å². The highest BCUT2D eigenvalue weighted by molar-refractivity contribution is 5.70. The van der Waals surface area contributed by atoms with E-state index in [0.29, 0.717) is 5.41 Å². The minimum absolute atomic E-state index is 0.323. The molecule has 1 heterocycles. The first kappa shape index (κ1) is 23.2. The lowest BCUT2D eigenvalue weighted by molar-refractivity contribution is -0.411. The van der Waals surface area contributed by atoms with Crippen LogP contribution in [0.15, 0.2) is 22.8 Å². The monoisotopic (exact) mass is 392 g/mol. The molecule has 2 aliphatic rings. The first-order valence-electron chi connectivity index (χ1n) is 11.0. The molecule has 1 saturated heterocycles. The van der Waals surface area contributed by atoms with Crippen LogP contribution in [0, 0.1) is 11.3 Å². The molecule has 1 aliphatic heterocycles. The summed E-state index contributed by atoms with van der Waals surface area (Å²) in [6.07, 6.45) is 11.6. The minimum Gasteiger partial charge on any atom is -0.481 e. The van der Waals surface area contributed by atoms with Gasteiger partial charge in [-0.2, -0.15) is 0 Å². The zero-order valence-corrected chi connectivity index (χ0v) is 18.8. The second-order valence-corrected chi connectivity index (χ2v) is 9.92. The van der Waals surface area contributed by atoms with Gasteiger partial charge < -0.3 is 5.11 Å². The van der Waals surface area contributed by atoms with Gasteiger partial charge in [0.2, 0.25) is 0 Å². The molecule has 3 atom stereocenters. The molecule has 4 heteroatoms. The van der Waals surface area contributed by atoms with Crippen molar-refractivity contribution in [3.05, 3.63) is 22.8 Å². The smallest absolute Gasteiger partial charge is 0.308 e. The fourth-order valence-corrected chi connectivity index (χ4v) is 4.65. The molecule has 0 aromatic carbocycles. The van der Waals surface area contributed by atoms with Gasteiger partial charge in [-0.25, -0.2) is 9.78 Å². The maximum atomic E-state index is 11.1. The molecule has 0 unspecified atom stereocenters. The van der Waals surface area contributed by atoms with Crippen molar-refractivity contribution in [2.75, 3.05) is 0 Å². The molecule has 1 N–H and O–H groups in total. The second kappa shape index (κ2) is 9.58. The van der Waals surface area contributed by atoms with Gasteiger partial charge in [0.05, 0.1) is 5.92 Å². The van der Waals surface area contributed by atoms with E-state index < -0.39 is 11.9 Å². The first-order chi connectivity index (χ1) is 13.0. The second-order valence-electron chi connectivity index (χ2n) is 9.92. The number of rotatable bonds is 8. The van der Waals surface area contributed by atoms with Crippen molar-refractivity contribution in [2.24, 2.45) is 11.3 Å². The van der Waals surface area contributed by atoms with E-state index in [1.54, 1.807) is 18.1 Å². The first-order valence-corrected chi connectivity index (χ1v) is 11.0. The van der Waals surface area contributed by atoms with Gasteiger partial charge in [0.25, 0.3) is 0 Å². The highest BCUT2D eigenvalue weighted by Gasteiger charge is 2.37.